The van der Waals surface area contributed by atoms with Gasteiger partial charge in [0.15, 0.2) is 0 Å². The van der Waals surface area contributed by atoms with Gasteiger partial charge in [-0.3, -0.25) is 4.79 Å². The van der Waals surface area contributed by atoms with Crippen molar-refractivity contribution in [1.29, 1.82) is 0 Å². The van der Waals surface area contributed by atoms with E-state index in [0.717, 1.165) is 16.9 Å². The zero-order chi connectivity index (χ0) is 16.2. The molecular formula is C18H18ClNO3. The van der Waals surface area contributed by atoms with E-state index >= 15 is 0 Å². The van der Waals surface area contributed by atoms with E-state index < -0.39 is 0 Å². The van der Waals surface area contributed by atoms with Gasteiger partial charge in [0.1, 0.15) is 18.5 Å². The van der Waals surface area contributed by atoms with Crippen molar-refractivity contribution in [2.24, 2.45) is 0 Å². The molecule has 1 aliphatic rings. The van der Waals surface area contributed by atoms with Gasteiger partial charge in [0.2, 0.25) is 5.91 Å². The molecule has 0 N–H and O–H groups in total. The van der Waals surface area contributed by atoms with Gasteiger partial charge >= 0.3 is 0 Å². The molecule has 1 saturated heterocycles. The summed E-state index contributed by atoms with van der Waals surface area (Å²) >= 11 is 6.04. The number of halogens is 1. The third-order valence-electron chi connectivity index (χ3n) is 3.90. The zero-order valence-corrected chi connectivity index (χ0v) is 13.6. The predicted molar refractivity (Wildman–Crippen MR) is 88.6 cm³/mol. The summed E-state index contributed by atoms with van der Waals surface area (Å²) in [7, 11) is 1.64. The molecule has 4 nitrogen and oxygen atoms in total. The molecule has 2 aromatic carbocycles. The van der Waals surface area contributed by atoms with E-state index in [9.17, 15) is 4.79 Å². The molecule has 3 rings (SSSR count). The van der Waals surface area contributed by atoms with Crippen LogP contribution in [0.3, 0.4) is 0 Å². The summed E-state index contributed by atoms with van der Waals surface area (Å²) in [5.74, 6) is 0.804. The second-order valence-electron chi connectivity index (χ2n) is 5.48. The molecule has 0 radical (unpaired) electrons. The lowest BCUT2D eigenvalue weighted by Crippen LogP contribution is -2.42. The van der Waals surface area contributed by atoms with E-state index in [1.54, 1.807) is 7.11 Å². The minimum absolute atomic E-state index is 0.000837. The summed E-state index contributed by atoms with van der Waals surface area (Å²) in [4.78, 5) is 13.9. The maximum absolute atomic E-state index is 12.1. The van der Waals surface area contributed by atoms with Crippen molar-refractivity contribution in [2.75, 3.05) is 20.3 Å². The molecule has 23 heavy (non-hydrogen) atoms. The molecule has 1 amide bonds. The Morgan fingerprint density at radius 1 is 1.26 bits per heavy atom. The first-order valence-electron chi connectivity index (χ1n) is 7.43. The number of morpholine rings is 1. The molecule has 0 aromatic heterocycles. The highest BCUT2D eigenvalue weighted by Gasteiger charge is 2.27. The molecule has 0 unspecified atom stereocenters. The van der Waals surface area contributed by atoms with Gasteiger partial charge in [0.05, 0.1) is 13.7 Å². The average Bonchev–Trinajstić information content (AvgIpc) is 2.57. The molecule has 0 saturated carbocycles. The fraction of sp³-hybridized carbons (Fsp3) is 0.278. The molecule has 0 spiro atoms. The predicted octanol–water partition coefficient (Wildman–Crippen LogP) is 3.45. The number of rotatable bonds is 4. The minimum Gasteiger partial charge on any atom is -0.497 e. The normalized spacial score (nSPS) is 18.1. The van der Waals surface area contributed by atoms with Gasteiger partial charge in [-0.25, -0.2) is 0 Å². The van der Waals surface area contributed by atoms with Crippen LogP contribution in [-0.2, 0) is 16.1 Å². The zero-order valence-electron chi connectivity index (χ0n) is 12.9. The van der Waals surface area contributed by atoms with Gasteiger partial charge in [-0.1, -0.05) is 35.9 Å². The molecule has 120 valence electrons. The second-order valence-corrected chi connectivity index (χ2v) is 5.91. The topological polar surface area (TPSA) is 38.8 Å². The molecule has 2 aromatic rings. The highest BCUT2D eigenvalue weighted by atomic mass is 35.5. The maximum Gasteiger partial charge on any atom is 0.249 e. The van der Waals surface area contributed by atoms with Crippen molar-refractivity contribution < 1.29 is 14.3 Å². The molecular weight excluding hydrogens is 314 g/mol. The maximum atomic E-state index is 12.1. The van der Waals surface area contributed by atoms with E-state index in [4.69, 9.17) is 21.1 Å². The van der Waals surface area contributed by atoms with E-state index in [0.29, 0.717) is 18.1 Å². The van der Waals surface area contributed by atoms with Crippen LogP contribution in [0, 0.1) is 0 Å². The third kappa shape index (κ3) is 3.84. The van der Waals surface area contributed by atoms with E-state index in [1.165, 1.54) is 0 Å². The third-order valence-corrected chi connectivity index (χ3v) is 4.13. The molecule has 1 heterocycles. The number of benzene rings is 2. The van der Waals surface area contributed by atoms with E-state index in [1.807, 2.05) is 53.4 Å². The lowest BCUT2D eigenvalue weighted by molar-refractivity contribution is -0.150. The van der Waals surface area contributed by atoms with Crippen molar-refractivity contribution in [2.45, 2.75) is 12.6 Å². The van der Waals surface area contributed by atoms with Gasteiger partial charge in [-0.15, -0.1) is 0 Å². The van der Waals surface area contributed by atoms with Crippen LogP contribution in [0.25, 0.3) is 0 Å². The Morgan fingerprint density at radius 2 is 2.04 bits per heavy atom. The van der Waals surface area contributed by atoms with Crippen LogP contribution in [0.4, 0.5) is 0 Å². The number of carbonyl (C=O) groups is 1. The standard InChI is InChI=1S/C18H18ClNO3/c1-22-16-7-5-13(6-8-16)10-20-11-17(23-12-18(20)21)14-3-2-4-15(19)9-14/h2-9,17H,10-12H2,1H3/t17-/m1/s1. The molecule has 0 bridgehead atoms. The van der Waals surface area contributed by atoms with Gasteiger partial charge in [-0.2, -0.15) is 0 Å². The van der Waals surface area contributed by atoms with Crippen molar-refractivity contribution in [3.05, 3.63) is 64.7 Å². The fourth-order valence-electron chi connectivity index (χ4n) is 2.63. The quantitative estimate of drug-likeness (QED) is 0.861. The van der Waals surface area contributed by atoms with Gasteiger partial charge < -0.3 is 14.4 Å². The van der Waals surface area contributed by atoms with E-state index in [-0.39, 0.29) is 18.6 Å². The van der Waals surface area contributed by atoms with Crippen molar-refractivity contribution in [3.63, 3.8) is 0 Å². The smallest absolute Gasteiger partial charge is 0.249 e. The highest BCUT2D eigenvalue weighted by Crippen LogP contribution is 2.26. The SMILES string of the molecule is COc1ccc(CN2C[C@H](c3cccc(Cl)c3)OCC2=O)cc1. The minimum atomic E-state index is -0.148. The van der Waals surface area contributed by atoms with Crippen LogP contribution in [0.5, 0.6) is 5.75 Å². The molecule has 5 heteroatoms. The van der Waals surface area contributed by atoms with Gasteiger partial charge in [0, 0.05) is 11.6 Å². The number of ether oxygens (including phenoxy) is 2. The fourth-order valence-corrected chi connectivity index (χ4v) is 2.83. The first-order valence-corrected chi connectivity index (χ1v) is 7.81. The highest BCUT2D eigenvalue weighted by molar-refractivity contribution is 6.30. The Morgan fingerprint density at radius 3 is 2.74 bits per heavy atom. The summed E-state index contributed by atoms with van der Waals surface area (Å²) in [5, 5.41) is 0.671. The first kappa shape index (κ1) is 15.8. The number of nitrogens with zero attached hydrogens (tertiary/aromatic N) is 1. The summed E-state index contributed by atoms with van der Waals surface area (Å²) in [6.45, 7) is 1.17. The largest absolute Gasteiger partial charge is 0.497 e. The van der Waals surface area contributed by atoms with Crippen molar-refractivity contribution in [1.82, 2.24) is 4.90 Å². The number of amides is 1. The van der Waals surface area contributed by atoms with Crippen LogP contribution in [0.2, 0.25) is 5.02 Å². The Bertz CT molecular complexity index is 687. The lowest BCUT2D eigenvalue weighted by atomic mass is 10.1. The van der Waals surface area contributed by atoms with Gasteiger partial charge in [0.25, 0.3) is 0 Å². The van der Waals surface area contributed by atoms with E-state index in [2.05, 4.69) is 0 Å². The van der Waals surface area contributed by atoms with Crippen molar-refractivity contribution in [3.8, 4) is 5.75 Å². The summed E-state index contributed by atoms with van der Waals surface area (Å²) in [6.07, 6.45) is -0.148. The van der Waals surface area contributed by atoms with Crippen LogP contribution >= 0.6 is 11.6 Å². The number of hydrogen-bond acceptors (Lipinski definition) is 3. The summed E-state index contributed by atoms with van der Waals surface area (Å²) in [5.41, 5.74) is 2.05. The molecule has 0 aliphatic carbocycles. The second kappa shape index (κ2) is 7.02. The number of methoxy groups -OCH3 is 1. The molecule has 1 atom stereocenters. The Labute approximate surface area is 140 Å². The average molecular weight is 332 g/mol. The monoisotopic (exact) mass is 331 g/mol. The molecule has 1 fully saturated rings. The first-order chi connectivity index (χ1) is 11.2. The Balaban J connectivity index is 1.71. The number of hydrogen-bond donors (Lipinski definition) is 0. The van der Waals surface area contributed by atoms with Crippen LogP contribution in [-0.4, -0.2) is 31.1 Å². The summed E-state index contributed by atoms with van der Waals surface area (Å²) in [6, 6.07) is 15.3. The van der Waals surface area contributed by atoms with Gasteiger partial charge in [-0.05, 0) is 35.4 Å². The van der Waals surface area contributed by atoms with Crippen LogP contribution < -0.4 is 4.74 Å². The molecule has 1 aliphatic heterocycles. The Hall–Kier alpha value is -2.04. The lowest BCUT2D eigenvalue weighted by Gasteiger charge is -2.33. The Kier molecular flexibility index (Phi) is 4.84. The van der Waals surface area contributed by atoms with Crippen LogP contribution in [0.15, 0.2) is 48.5 Å². The van der Waals surface area contributed by atoms with Crippen molar-refractivity contribution >= 4 is 17.5 Å². The van der Waals surface area contributed by atoms with Crippen LogP contribution in [0.1, 0.15) is 17.2 Å². The number of carbonyl (C=O) groups excluding carboxylic acids is 1. The summed E-state index contributed by atoms with van der Waals surface area (Å²) < 4.78 is 10.8.